The second-order valence-electron chi connectivity index (χ2n) is 4.86. The van der Waals surface area contributed by atoms with Gasteiger partial charge in [0.25, 0.3) is 5.91 Å². The van der Waals surface area contributed by atoms with Crippen molar-refractivity contribution in [3.8, 4) is 0 Å². The Morgan fingerprint density at radius 1 is 1.50 bits per heavy atom. The Hall–Kier alpha value is -0.870. The molecule has 1 saturated heterocycles. The Bertz CT molecular complexity index is 447. The van der Waals surface area contributed by atoms with Gasteiger partial charge in [0.1, 0.15) is 0 Å². The summed E-state index contributed by atoms with van der Waals surface area (Å²) < 4.78 is 0.879. The normalized spacial score (nSPS) is 19.9. The number of likely N-dealkylation sites (tertiary alicyclic amines) is 1. The lowest BCUT2D eigenvalue weighted by Crippen LogP contribution is -2.47. The molecular formula is C14H19BrN2O. The Kier molecular flexibility index (Phi) is 4.40. The third kappa shape index (κ3) is 2.93. The summed E-state index contributed by atoms with van der Waals surface area (Å²) in [6.45, 7) is 3.67. The molecule has 1 aliphatic heterocycles. The van der Waals surface area contributed by atoms with Crippen LogP contribution in [0.4, 0.5) is 0 Å². The number of nitrogens with zero attached hydrogens (tertiary/aromatic N) is 1. The van der Waals surface area contributed by atoms with E-state index < -0.39 is 0 Å². The first-order valence-electron chi connectivity index (χ1n) is 6.34. The van der Waals surface area contributed by atoms with Gasteiger partial charge in [-0.05, 0) is 54.9 Å². The molecule has 1 amide bonds. The van der Waals surface area contributed by atoms with Crippen LogP contribution in [0.25, 0.3) is 0 Å². The molecule has 98 valence electrons. The molecule has 1 heterocycles. The SMILES string of the molecule is CNC1CCCN(C(=O)c2cc(C)ccc2Br)C1. The molecule has 3 nitrogen and oxygen atoms in total. The first kappa shape index (κ1) is 13.6. The number of nitrogens with one attached hydrogen (secondary N) is 1. The van der Waals surface area contributed by atoms with Crippen molar-refractivity contribution in [2.45, 2.75) is 25.8 Å². The predicted molar refractivity (Wildman–Crippen MR) is 76.9 cm³/mol. The van der Waals surface area contributed by atoms with E-state index in [-0.39, 0.29) is 5.91 Å². The molecule has 0 saturated carbocycles. The van der Waals surface area contributed by atoms with E-state index in [4.69, 9.17) is 0 Å². The molecule has 1 N–H and O–H groups in total. The molecule has 1 atom stereocenters. The number of rotatable bonds is 2. The molecule has 2 rings (SSSR count). The Balaban J connectivity index is 2.17. The minimum atomic E-state index is 0.130. The first-order valence-corrected chi connectivity index (χ1v) is 7.14. The van der Waals surface area contributed by atoms with Crippen molar-refractivity contribution in [3.05, 3.63) is 33.8 Å². The highest BCUT2D eigenvalue weighted by molar-refractivity contribution is 9.10. The van der Waals surface area contributed by atoms with Gasteiger partial charge in [0.2, 0.25) is 0 Å². The summed E-state index contributed by atoms with van der Waals surface area (Å²) in [6, 6.07) is 6.33. The largest absolute Gasteiger partial charge is 0.337 e. The van der Waals surface area contributed by atoms with Gasteiger partial charge in [0.15, 0.2) is 0 Å². The summed E-state index contributed by atoms with van der Waals surface area (Å²) in [4.78, 5) is 14.5. The fourth-order valence-electron chi connectivity index (χ4n) is 2.37. The number of piperidine rings is 1. The first-order chi connectivity index (χ1) is 8.61. The number of halogens is 1. The summed E-state index contributed by atoms with van der Waals surface area (Å²) >= 11 is 3.47. The zero-order chi connectivity index (χ0) is 13.1. The number of carbonyl (C=O) groups excluding carboxylic acids is 1. The number of likely N-dealkylation sites (N-methyl/N-ethyl adjacent to an activating group) is 1. The lowest BCUT2D eigenvalue weighted by molar-refractivity contribution is 0.0697. The predicted octanol–water partition coefficient (Wildman–Crippen LogP) is 2.58. The van der Waals surface area contributed by atoms with E-state index in [1.165, 1.54) is 0 Å². The van der Waals surface area contributed by atoms with Crippen LogP contribution in [0.5, 0.6) is 0 Å². The van der Waals surface area contributed by atoms with Crippen molar-refractivity contribution >= 4 is 21.8 Å². The molecular weight excluding hydrogens is 292 g/mol. The molecule has 0 spiro atoms. The standard InChI is InChI=1S/C14H19BrN2O/c1-10-5-6-13(15)12(8-10)14(18)17-7-3-4-11(9-17)16-2/h5-6,8,11,16H,3-4,7,9H2,1-2H3. The van der Waals surface area contributed by atoms with E-state index in [1.807, 2.05) is 37.1 Å². The van der Waals surface area contributed by atoms with Gasteiger partial charge in [0, 0.05) is 23.6 Å². The van der Waals surface area contributed by atoms with E-state index in [1.54, 1.807) is 0 Å². The van der Waals surface area contributed by atoms with Gasteiger partial charge in [-0.3, -0.25) is 4.79 Å². The van der Waals surface area contributed by atoms with Crippen LogP contribution in [-0.4, -0.2) is 37.0 Å². The van der Waals surface area contributed by atoms with Crippen molar-refractivity contribution in [2.75, 3.05) is 20.1 Å². The highest BCUT2D eigenvalue weighted by atomic mass is 79.9. The second kappa shape index (κ2) is 5.85. The average Bonchev–Trinajstić information content (AvgIpc) is 2.41. The van der Waals surface area contributed by atoms with Crippen LogP contribution < -0.4 is 5.32 Å². The summed E-state index contributed by atoms with van der Waals surface area (Å²) in [5.74, 6) is 0.130. The smallest absolute Gasteiger partial charge is 0.255 e. The Morgan fingerprint density at radius 3 is 3.00 bits per heavy atom. The summed E-state index contributed by atoms with van der Waals surface area (Å²) in [5, 5.41) is 3.26. The van der Waals surface area contributed by atoms with Gasteiger partial charge in [-0.2, -0.15) is 0 Å². The highest BCUT2D eigenvalue weighted by Gasteiger charge is 2.24. The third-order valence-electron chi connectivity index (χ3n) is 3.47. The van der Waals surface area contributed by atoms with Crippen LogP contribution in [-0.2, 0) is 0 Å². The molecule has 1 aromatic carbocycles. The Labute approximate surface area is 117 Å². The molecule has 18 heavy (non-hydrogen) atoms. The second-order valence-corrected chi connectivity index (χ2v) is 5.72. The Morgan fingerprint density at radius 2 is 2.28 bits per heavy atom. The van der Waals surface area contributed by atoms with Crippen molar-refractivity contribution in [1.82, 2.24) is 10.2 Å². The van der Waals surface area contributed by atoms with Crippen molar-refractivity contribution in [1.29, 1.82) is 0 Å². The van der Waals surface area contributed by atoms with E-state index in [2.05, 4.69) is 21.2 Å². The molecule has 0 aliphatic carbocycles. The monoisotopic (exact) mass is 310 g/mol. The van der Waals surface area contributed by atoms with Crippen molar-refractivity contribution < 1.29 is 4.79 Å². The maximum absolute atomic E-state index is 12.5. The topological polar surface area (TPSA) is 32.3 Å². The molecule has 0 bridgehead atoms. The van der Waals surface area contributed by atoms with Crippen LogP contribution in [0, 0.1) is 6.92 Å². The fourth-order valence-corrected chi connectivity index (χ4v) is 2.79. The number of amides is 1. The van der Waals surface area contributed by atoms with Crippen molar-refractivity contribution in [3.63, 3.8) is 0 Å². The van der Waals surface area contributed by atoms with Gasteiger partial charge >= 0.3 is 0 Å². The molecule has 4 heteroatoms. The molecule has 1 aliphatic rings. The fraction of sp³-hybridized carbons (Fsp3) is 0.500. The number of aryl methyl sites for hydroxylation is 1. The number of benzene rings is 1. The lowest BCUT2D eigenvalue weighted by atomic mass is 10.0. The lowest BCUT2D eigenvalue weighted by Gasteiger charge is -2.32. The average molecular weight is 311 g/mol. The van der Waals surface area contributed by atoms with E-state index in [0.29, 0.717) is 6.04 Å². The van der Waals surface area contributed by atoms with Crippen LogP contribution >= 0.6 is 15.9 Å². The van der Waals surface area contributed by atoms with Gasteiger partial charge in [-0.25, -0.2) is 0 Å². The molecule has 1 aromatic rings. The molecule has 0 aromatic heterocycles. The number of carbonyl (C=O) groups is 1. The summed E-state index contributed by atoms with van der Waals surface area (Å²) in [7, 11) is 1.96. The van der Waals surface area contributed by atoms with Crippen LogP contribution in [0.15, 0.2) is 22.7 Å². The molecule has 1 fully saturated rings. The van der Waals surface area contributed by atoms with Gasteiger partial charge < -0.3 is 10.2 Å². The van der Waals surface area contributed by atoms with Crippen molar-refractivity contribution in [2.24, 2.45) is 0 Å². The van der Waals surface area contributed by atoms with Crippen LogP contribution in [0.2, 0.25) is 0 Å². The molecule has 1 unspecified atom stereocenters. The quantitative estimate of drug-likeness (QED) is 0.910. The van der Waals surface area contributed by atoms with Gasteiger partial charge in [-0.1, -0.05) is 11.6 Å². The minimum absolute atomic E-state index is 0.130. The summed E-state index contributed by atoms with van der Waals surface area (Å²) in [5.41, 5.74) is 1.88. The third-order valence-corrected chi connectivity index (χ3v) is 4.16. The van der Waals surface area contributed by atoms with Crippen LogP contribution in [0.3, 0.4) is 0 Å². The summed E-state index contributed by atoms with van der Waals surface area (Å²) in [6.07, 6.45) is 2.22. The van der Waals surface area contributed by atoms with E-state index in [0.717, 1.165) is 41.5 Å². The van der Waals surface area contributed by atoms with Gasteiger partial charge in [-0.15, -0.1) is 0 Å². The minimum Gasteiger partial charge on any atom is -0.337 e. The maximum atomic E-state index is 12.5. The molecule has 0 radical (unpaired) electrons. The number of hydrogen-bond donors (Lipinski definition) is 1. The highest BCUT2D eigenvalue weighted by Crippen LogP contribution is 2.21. The maximum Gasteiger partial charge on any atom is 0.255 e. The van der Waals surface area contributed by atoms with Gasteiger partial charge in [0.05, 0.1) is 5.56 Å². The zero-order valence-electron chi connectivity index (χ0n) is 10.9. The number of hydrogen-bond acceptors (Lipinski definition) is 2. The zero-order valence-corrected chi connectivity index (χ0v) is 12.5. The van der Waals surface area contributed by atoms with E-state index in [9.17, 15) is 4.79 Å². The van der Waals surface area contributed by atoms with Crippen LogP contribution in [0.1, 0.15) is 28.8 Å². The van der Waals surface area contributed by atoms with E-state index >= 15 is 0 Å².